The summed E-state index contributed by atoms with van der Waals surface area (Å²) in [4.78, 5) is 10.4. The minimum atomic E-state index is 0.729. The first-order chi connectivity index (χ1) is 10.1. The Hall–Kier alpha value is -1.33. The number of hydrogen-bond donors (Lipinski definition) is 2. The molecule has 6 heteroatoms. The molecule has 0 fully saturated rings. The average Bonchev–Trinajstić information content (AvgIpc) is 2.87. The van der Waals surface area contributed by atoms with Crippen molar-refractivity contribution in [3.8, 4) is 0 Å². The molecular weight excluding hydrogens is 304 g/mol. The maximum absolute atomic E-state index is 5.96. The van der Waals surface area contributed by atoms with Crippen LogP contribution in [0.1, 0.15) is 36.5 Å². The molecule has 0 radical (unpaired) electrons. The fourth-order valence-electron chi connectivity index (χ4n) is 2.03. The fraction of sp³-hybridized carbons (Fsp3) is 0.467. The van der Waals surface area contributed by atoms with Crippen molar-refractivity contribution in [2.45, 2.75) is 40.2 Å². The zero-order valence-electron chi connectivity index (χ0n) is 12.7. The van der Waals surface area contributed by atoms with Crippen molar-refractivity contribution in [3.63, 3.8) is 0 Å². The SMILES string of the molecule is CCCc1nc(NCC)c(C)c(NCc2ccc(Cl)s2)n1. The lowest BCUT2D eigenvalue weighted by atomic mass is 10.2. The lowest BCUT2D eigenvalue weighted by Crippen LogP contribution is -2.11. The molecule has 2 aromatic heterocycles. The van der Waals surface area contributed by atoms with E-state index in [4.69, 9.17) is 11.6 Å². The van der Waals surface area contributed by atoms with Gasteiger partial charge in [-0.25, -0.2) is 9.97 Å². The summed E-state index contributed by atoms with van der Waals surface area (Å²) in [6, 6.07) is 3.96. The Bertz CT molecular complexity index is 597. The van der Waals surface area contributed by atoms with Crippen LogP contribution in [0.15, 0.2) is 12.1 Å². The summed E-state index contributed by atoms with van der Waals surface area (Å²) in [7, 11) is 0. The van der Waals surface area contributed by atoms with E-state index in [0.29, 0.717) is 0 Å². The Morgan fingerprint density at radius 1 is 1.14 bits per heavy atom. The Kier molecular flexibility index (Phi) is 5.82. The highest BCUT2D eigenvalue weighted by Crippen LogP contribution is 2.24. The lowest BCUT2D eigenvalue weighted by Gasteiger charge is -2.14. The van der Waals surface area contributed by atoms with Crippen LogP contribution in [0, 0.1) is 6.92 Å². The first-order valence-corrected chi connectivity index (χ1v) is 8.43. The molecule has 0 aliphatic carbocycles. The Balaban J connectivity index is 2.19. The number of rotatable bonds is 7. The zero-order valence-corrected chi connectivity index (χ0v) is 14.2. The molecule has 0 saturated carbocycles. The summed E-state index contributed by atoms with van der Waals surface area (Å²) in [5.74, 6) is 2.70. The van der Waals surface area contributed by atoms with E-state index in [-0.39, 0.29) is 0 Å². The first kappa shape index (κ1) is 16.0. The van der Waals surface area contributed by atoms with Crippen molar-refractivity contribution in [1.29, 1.82) is 0 Å². The van der Waals surface area contributed by atoms with Crippen LogP contribution < -0.4 is 10.6 Å². The molecule has 21 heavy (non-hydrogen) atoms. The van der Waals surface area contributed by atoms with Crippen LogP contribution in [0.5, 0.6) is 0 Å². The van der Waals surface area contributed by atoms with Gasteiger partial charge in [0.05, 0.1) is 10.9 Å². The van der Waals surface area contributed by atoms with Gasteiger partial charge in [-0.2, -0.15) is 0 Å². The van der Waals surface area contributed by atoms with Crippen LogP contribution in [0.25, 0.3) is 0 Å². The molecule has 0 aromatic carbocycles. The van der Waals surface area contributed by atoms with Gasteiger partial charge in [0.2, 0.25) is 0 Å². The largest absolute Gasteiger partial charge is 0.370 e. The molecule has 0 unspecified atom stereocenters. The van der Waals surface area contributed by atoms with E-state index in [1.807, 2.05) is 19.1 Å². The second-order valence-electron chi connectivity index (χ2n) is 4.80. The number of halogens is 1. The summed E-state index contributed by atoms with van der Waals surface area (Å²) < 4.78 is 0.811. The van der Waals surface area contributed by atoms with Gasteiger partial charge < -0.3 is 10.6 Å². The van der Waals surface area contributed by atoms with Gasteiger partial charge in [0.15, 0.2) is 0 Å². The molecule has 4 nitrogen and oxygen atoms in total. The van der Waals surface area contributed by atoms with E-state index in [0.717, 1.165) is 53.3 Å². The number of nitrogens with one attached hydrogen (secondary N) is 2. The smallest absolute Gasteiger partial charge is 0.135 e. The van der Waals surface area contributed by atoms with Gasteiger partial charge in [-0.1, -0.05) is 18.5 Å². The van der Waals surface area contributed by atoms with E-state index < -0.39 is 0 Å². The van der Waals surface area contributed by atoms with Gasteiger partial charge in [0.1, 0.15) is 17.5 Å². The van der Waals surface area contributed by atoms with Crippen LogP contribution in [-0.2, 0) is 13.0 Å². The predicted octanol–water partition coefficient (Wildman–Crippen LogP) is 4.50. The van der Waals surface area contributed by atoms with Gasteiger partial charge in [-0.3, -0.25) is 0 Å². The van der Waals surface area contributed by atoms with E-state index >= 15 is 0 Å². The number of anilines is 2. The molecule has 0 saturated heterocycles. The van der Waals surface area contributed by atoms with E-state index in [1.54, 1.807) is 11.3 Å². The first-order valence-electron chi connectivity index (χ1n) is 7.23. The molecule has 114 valence electrons. The second-order valence-corrected chi connectivity index (χ2v) is 6.60. The highest BCUT2D eigenvalue weighted by atomic mass is 35.5. The monoisotopic (exact) mass is 324 g/mol. The van der Waals surface area contributed by atoms with Crippen molar-refractivity contribution in [2.75, 3.05) is 17.2 Å². The Labute approximate surface area is 135 Å². The highest BCUT2D eigenvalue weighted by Gasteiger charge is 2.10. The topological polar surface area (TPSA) is 49.8 Å². The third kappa shape index (κ3) is 4.32. The molecule has 0 bridgehead atoms. The van der Waals surface area contributed by atoms with E-state index in [1.165, 1.54) is 4.88 Å². The summed E-state index contributed by atoms with van der Waals surface area (Å²) >= 11 is 7.55. The summed E-state index contributed by atoms with van der Waals surface area (Å²) in [6.45, 7) is 7.83. The molecule has 0 aliphatic heterocycles. The molecule has 2 rings (SSSR count). The van der Waals surface area contributed by atoms with Crippen molar-refractivity contribution in [2.24, 2.45) is 0 Å². The van der Waals surface area contributed by atoms with Crippen LogP contribution in [0.2, 0.25) is 4.34 Å². The minimum absolute atomic E-state index is 0.729. The maximum Gasteiger partial charge on any atom is 0.135 e. The molecular formula is C15H21ClN4S. The second kappa shape index (κ2) is 7.61. The highest BCUT2D eigenvalue weighted by molar-refractivity contribution is 7.16. The van der Waals surface area contributed by atoms with Gasteiger partial charge >= 0.3 is 0 Å². The normalized spacial score (nSPS) is 10.7. The molecule has 0 aliphatic rings. The van der Waals surface area contributed by atoms with Crippen LogP contribution in [0.3, 0.4) is 0 Å². The molecule has 0 amide bonds. The van der Waals surface area contributed by atoms with E-state index in [2.05, 4.69) is 34.4 Å². The Morgan fingerprint density at radius 3 is 2.43 bits per heavy atom. The minimum Gasteiger partial charge on any atom is -0.370 e. The number of nitrogens with zero attached hydrogens (tertiary/aromatic N) is 2. The average molecular weight is 325 g/mol. The van der Waals surface area contributed by atoms with Crippen molar-refractivity contribution < 1.29 is 0 Å². The van der Waals surface area contributed by atoms with E-state index in [9.17, 15) is 0 Å². The van der Waals surface area contributed by atoms with Crippen LogP contribution in [0.4, 0.5) is 11.6 Å². The quantitative estimate of drug-likeness (QED) is 0.787. The molecule has 0 atom stereocenters. The Morgan fingerprint density at radius 2 is 1.86 bits per heavy atom. The predicted molar refractivity (Wildman–Crippen MR) is 91.6 cm³/mol. The third-order valence-corrected chi connectivity index (χ3v) is 4.30. The van der Waals surface area contributed by atoms with Crippen molar-refractivity contribution >= 4 is 34.6 Å². The van der Waals surface area contributed by atoms with Gasteiger partial charge in [0.25, 0.3) is 0 Å². The van der Waals surface area contributed by atoms with Crippen LogP contribution in [-0.4, -0.2) is 16.5 Å². The summed E-state index contributed by atoms with van der Waals surface area (Å²) in [5, 5.41) is 6.71. The van der Waals surface area contributed by atoms with Crippen LogP contribution >= 0.6 is 22.9 Å². The molecule has 2 heterocycles. The number of hydrogen-bond acceptors (Lipinski definition) is 5. The fourth-order valence-corrected chi connectivity index (χ4v) is 3.05. The van der Waals surface area contributed by atoms with Gasteiger partial charge in [-0.15, -0.1) is 11.3 Å². The summed E-state index contributed by atoms with van der Waals surface area (Å²) in [5.41, 5.74) is 1.05. The number of aromatic nitrogens is 2. The third-order valence-electron chi connectivity index (χ3n) is 3.07. The van der Waals surface area contributed by atoms with Crippen molar-refractivity contribution in [3.05, 3.63) is 32.7 Å². The molecule has 2 aromatic rings. The zero-order chi connectivity index (χ0) is 15.2. The number of thiophene rings is 1. The number of aryl methyl sites for hydroxylation is 1. The van der Waals surface area contributed by atoms with Crippen molar-refractivity contribution in [1.82, 2.24) is 9.97 Å². The standard InChI is InChI=1S/C15H21ClN4S/c1-4-6-13-19-14(17-5-2)10(3)15(20-13)18-9-11-7-8-12(16)21-11/h7-8H,4-6,9H2,1-3H3,(H2,17,18,19,20). The van der Waals surface area contributed by atoms with Gasteiger partial charge in [-0.05, 0) is 32.4 Å². The lowest BCUT2D eigenvalue weighted by molar-refractivity contribution is 0.830. The molecule has 2 N–H and O–H groups in total. The summed E-state index contributed by atoms with van der Waals surface area (Å²) in [6.07, 6.45) is 1.92. The maximum atomic E-state index is 5.96. The van der Waals surface area contributed by atoms with Gasteiger partial charge in [0, 0.05) is 23.4 Å². The molecule has 0 spiro atoms.